The standard InChI is InChI=1S/C13H16N4O2S/c1-9-3-4-12(14)13(10(9)2)20(18,19)17-7-11-5-6-15-8-16-11/h3-6,8,17H,7,14H2,1-2H3. The van der Waals surface area contributed by atoms with Crippen molar-refractivity contribution in [3.8, 4) is 0 Å². The van der Waals surface area contributed by atoms with Crippen molar-refractivity contribution >= 4 is 15.7 Å². The number of rotatable bonds is 4. The molecule has 0 unspecified atom stereocenters. The first kappa shape index (κ1) is 14.4. The van der Waals surface area contributed by atoms with E-state index in [1.54, 1.807) is 31.3 Å². The number of aromatic nitrogens is 2. The van der Waals surface area contributed by atoms with Crippen LogP contribution in [0.5, 0.6) is 0 Å². The fraction of sp³-hybridized carbons (Fsp3) is 0.231. The Morgan fingerprint density at radius 2 is 2.00 bits per heavy atom. The van der Waals surface area contributed by atoms with Crippen molar-refractivity contribution < 1.29 is 8.42 Å². The molecule has 20 heavy (non-hydrogen) atoms. The molecule has 7 heteroatoms. The monoisotopic (exact) mass is 292 g/mol. The Morgan fingerprint density at radius 1 is 1.25 bits per heavy atom. The molecule has 3 N–H and O–H groups in total. The van der Waals surface area contributed by atoms with E-state index in [4.69, 9.17) is 5.73 Å². The van der Waals surface area contributed by atoms with Gasteiger partial charge in [-0.2, -0.15) is 0 Å². The lowest BCUT2D eigenvalue weighted by Crippen LogP contribution is -2.25. The quantitative estimate of drug-likeness (QED) is 0.824. The zero-order chi connectivity index (χ0) is 14.8. The molecular weight excluding hydrogens is 276 g/mol. The summed E-state index contributed by atoms with van der Waals surface area (Å²) in [5.74, 6) is 0. The maximum atomic E-state index is 12.4. The fourth-order valence-electron chi connectivity index (χ4n) is 1.83. The highest BCUT2D eigenvalue weighted by Crippen LogP contribution is 2.25. The smallest absolute Gasteiger partial charge is 0.243 e. The van der Waals surface area contributed by atoms with E-state index in [2.05, 4.69) is 14.7 Å². The van der Waals surface area contributed by atoms with Crippen molar-refractivity contribution in [1.29, 1.82) is 0 Å². The van der Waals surface area contributed by atoms with Gasteiger partial charge < -0.3 is 5.73 Å². The maximum Gasteiger partial charge on any atom is 0.243 e. The van der Waals surface area contributed by atoms with Crippen molar-refractivity contribution in [2.75, 3.05) is 5.73 Å². The number of nitrogens with zero attached hydrogens (tertiary/aromatic N) is 2. The van der Waals surface area contributed by atoms with Gasteiger partial charge in [0, 0.05) is 6.20 Å². The minimum atomic E-state index is -3.68. The van der Waals surface area contributed by atoms with Crippen LogP contribution in [0.15, 0.2) is 35.6 Å². The molecule has 0 radical (unpaired) electrons. The van der Waals surface area contributed by atoms with Crippen molar-refractivity contribution in [3.05, 3.63) is 47.5 Å². The number of aryl methyl sites for hydroxylation is 1. The van der Waals surface area contributed by atoms with Crippen LogP contribution in [0.4, 0.5) is 5.69 Å². The number of hydrogen-bond donors (Lipinski definition) is 2. The van der Waals surface area contributed by atoms with Gasteiger partial charge in [-0.25, -0.2) is 23.1 Å². The summed E-state index contributed by atoms with van der Waals surface area (Å²) in [6.45, 7) is 3.68. The summed E-state index contributed by atoms with van der Waals surface area (Å²) < 4.78 is 27.2. The third-order valence-corrected chi connectivity index (χ3v) is 4.67. The number of hydrogen-bond acceptors (Lipinski definition) is 5. The molecule has 1 aromatic carbocycles. The number of sulfonamides is 1. The third kappa shape index (κ3) is 2.94. The second-order valence-electron chi connectivity index (χ2n) is 4.45. The van der Waals surface area contributed by atoms with Gasteiger partial charge >= 0.3 is 0 Å². The molecule has 0 amide bonds. The van der Waals surface area contributed by atoms with Gasteiger partial charge in [0.05, 0.1) is 17.9 Å². The molecule has 1 heterocycles. The number of nitrogen functional groups attached to an aromatic ring is 1. The van der Waals surface area contributed by atoms with E-state index in [-0.39, 0.29) is 17.1 Å². The molecule has 0 aliphatic heterocycles. The first-order chi connectivity index (χ1) is 9.42. The summed E-state index contributed by atoms with van der Waals surface area (Å²) in [4.78, 5) is 7.88. The van der Waals surface area contributed by atoms with Crippen LogP contribution in [0.1, 0.15) is 16.8 Å². The molecule has 2 rings (SSSR count). The molecule has 2 aromatic rings. The Kier molecular flexibility index (Phi) is 4.01. The molecule has 106 valence electrons. The predicted octanol–water partition coefficient (Wildman–Crippen LogP) is 1.15. The molecular formula is C13H16N4O2S. The number of nitrogens with two attached hydrogens (primary N) is 1. The summed E-state index contributed by atoms with van der Waals surface area (Å²) in [6.07, 6.45) is 2.93. The van der Waals surface area contributed by atoms with Crippen LogP contribution in [-0.4, -0.2) is 18.4 Å². The molecule has 0 aliphatic carbocycles. The van der Waals surface area contributed by atoms with Gasteiger partial charge in [-0.1, -0.05) is 6.07 Å². The Balaban J connectivity index is 2.30. The van der Waals surface area contributed by atoms with Crippen LogP contribution in [0.25, 0.3) is 0 Å². The van der Waals surface area contributed by atoms with Gasteiger partial charge in [-0.3, -0.25) is 0 Å². The summed E-state index contributed by atoms with van der Waals surface area (Å²) >= 11 is 0. The molecule has 0 saturated heterocycles. The highest BCUT2D eigenvalue weighted by atomic mass is 32.2. The van der Waals surface area contributed by atoms with Crippen LogP contribution in [0.3, 0.4) is 0 Å². The van der Waals surface area contributed by atoms with Gasteiger partial charge in [0.25, 0.3) is 0 Å². The third-order valence-electron chi connectivity index (χ3n) is 3.06. The first-order valence-corrected chi connectivity index (χ1v) is 7.50. The van der Waals surface area contributed by atoms with E-state index in [1.165, 1.54) is 6.33 Å². The lowest BCUT2D eigenvalue weighted by Gasteiger charge is -2.13. The fourth-order valence-corrected chi connectivity index (χ4v) is 3.26. The molecule has 0 fully saturated rings. The Labute approximate surface area is 118 Å². The summed E-state index contributed by atoms with van der Waals surface area (Å²) in [7, 11) is -3.68. The highest BCUT2D eigenvalue weighted by molar-refractivity contribution is 7.89. The molecule has 0 spiro atoms. The van der Waals surface area contributed by atoms with Crippen molar-refractivity contribution in [2.24, 2.45) is 0 Å². The van der Waals surface area contributed by atoms with E-state index < -0.39 is 10.0 Å². The van der Waals surface area contributed by atoms with Gasteiger partial charge in [0.2, 0.25) is 10.0 Å². The molecule has 1 aromatic heterocycles. The molecule has 0 atom stereocenters. The second-order valence-corrected chi connectivity index (χ2v) is 6.15. The lowest BCUT2D eigenvalue weighted by molar-refractivity contribution is 0.580. The Hall–Kier alpha value is -1.99. The SMILES string of the molecule is Cc1ccc(N)c(S(=O)(=O)NCc2ccncn2)c1C. The van der Waals surface area contributed by atoms with Crippen LogP contribution < -0.4 is 10.5 Å². The van der Waals surface area contributed by atoms with Crippen LogP contribution in [0, 0.1) is 13.8 Å². The summed E-state index contributed by atoms with van der Waals surface area (Å²) in [5, 5.41) is 0. The molecule has 0 aliphatic rings. The average molecular weight is 292 g/mol. The second kappa shape index (κ2) is 5.56. The number of anilines is 1. The van der Waals surface area contributed by atoms with E-state index in [1.807, 2.05) is 6.92 Å². The average Bonchev–Trinajstić information content (AvgIpc) is 2.42. The number of benzene rings is 1. The largest absolute Gasteiger partial charge is 0.398 e. The minimum absolute atomic E-state index is 0.0949. The van der Waals surface area contributed by atoms with Crippen LogP contribution in [0.2, 0.25) is 0 Å². The summed E-state index contributed by atoms with van der Waals surface area (Å²) in [6, 6.07) is 5.05. The Morgan fingerprint density at radius 3 is 2.65 bits per heavy atom. The summed E-state index contributed by atoms with van der Waals surface area (Å²) in [5.41, 5.74) is 8.16. The zero-order valence-corrected chi connectivity index (χ0v) is 12.1. The van der Waals surface area contributed by atoms with E-state index >= 15 is 0 Å². The zero-order valence-electron chi connectivity index (χ0n) is 11.3. The molecule has 6 nitrogen and oxygen atoms in total. The highest BCUT2D eigenvalue weighted by Gasteiger charge is 2.20. The predicted molar refractivity (Wildman–Crippen MR) is 76.4 cm³/mol. The van der Waals surface area contributed by atoms with E-state index in [9.17, 15) is 8.42 Å². The van der Waals surface area contributed by atoms with Crippen LogP contribution in [-0.2, 0) is 16.6 Å². The van der Waals surface area contributed by atoms with Crippen LogP contribution >= 0.6 is 0 Å². The number of nitrogens with one attached hydrogen (secondary N) is 1. The van der Waals surface area contributed by atoms with Crippen molar-refractivity contribution in [3.63, 3.8) is 0 Å². The van der Waals surface area contributed by atoms with Gasteiger partial charge in [-0.15, -0.1) is 0 Å². The molecule has 0 saturated carbocycles. The lowest BCUT2D eigenvalue weighted by atomic mass is 10.1. The van der Waals surface area contributed by atoms with Crippen molar-refractivity contribution in [1.82, 2.24) is 14.7 Å². The topological polar surface area (TPSA) is 98.0 Å². The maximum absolute atomic E-state index is 12.4. The van der Waals surface area contributed by atoms with Crippen molar-refractivity contribution in [2.45, 2.75) is 25.3 Å². The minimum Gasteiger partial charge on any atom is -0.398 e. The first-order valence-electron chi connectivity index (χ1n) is 6.02. The van der Waals surface area contributed by atoms with E-state index in [0.717, 1.165) is 5.56 Å². The van der Waals surface area contributed by atoms with E-state index in [0.29, 0.717) is 11.3 Å². The van der Waals surface area contributed by atoms with Gasteiger partial charge in [-0.05, 0) is 37.1 Å². The molecule has 0 bridgehead atoms. The Bertz CT molecular complexity index is 715. The van der Waals surface area contributed by atoms with Gasteiger partial charge in [0.1, 0.15) is 11.2 Å². The van der Waals surface area contributed by atoms with Gasteiger partial charge in [0.15, 0.2) is 0 Å². The normalized spacial score (nSPS) is 11.5.